The van der Waals surface area contributed by atoms with Crippen molar-refractivity contribution in [3.8, 4) is 5.75 Å². The predicted molar refractivity (Wildman–Crippen MR) is 75.0 cm³/mol. The minimum absolute atomic E-state index is 0.0965. The Kier molecular flexibility index (Phi) is 6.45. The van der Waals surface area contributed by atoms with Gasteiger partial charge in [-0.2, -0.15) is 0 Å². The summed E-state index contributed by atoms with van der Waals surface area (Å²) < 4.78 is 18.5. The monoisotopic (exact) mass is 283 g/mol. The normalized spacial score (nSPS) is 11.2. The van der Waals surface area contributed by atoms with E-state index in [1.165, 1.54) is 12.1 Å². The minimum atomic E-state index is -0.433. The van der Waals surface area contributed by atoms with Gasteiger partial charge in [-0.3, -0.25) is 4.79 Å². The third kappa shape index (κ3) is 6.02. The number of aliphatic hydroxyl groups is 1. The number of benzene rings is 1. The first-order chi connectivity index (χ1) is 9.44. The molecule has 0 unspecified atom stereocenters. The zero-order chi connectivity index (χ0) is 15.0. The summed E-state index contributed by atoms with van der Waals surface area (Å²) in [5.74, 6) is -0.426. The maximum Gasteiger partial charge on any atom is 0.223 e. The highest BCUT2D eigenvalue weighted by Crippen LogP contribution is 2.18. The van der Waals surface area contributed by atoms with Gasteiger partial charge >= 0.3 is 0 Å². The molecule has 0 aliphatic rings. The van der Waals surface area contributed by atoms with Crippen LogP contribution in [0.15, 0.2) is 24.3 Å². The van der Waals surface area contributed by atoms with E-state index in [1.807, 2.05) is 13.8 Å². The Labute approximate surface area is 119 Å². The highest BCUT2D eigenvalue weighted by atomic mass is 19.1. The summed E-state index contributed by atoms with van der Waals surface area (Å²) in [4.78, 5) is 11.6. The topological polar surface area (TPSA) is 58.6 Å². The molecule has 2 N–H and O–H groups in total. The van der Waals surface area contributed by atoms with Crippen LogP contribution >= 0.6 is 0 Å². The van der Waals surface area contributed by atoms with Crippen molar-refractivity contribution in [1.29, 1.82) is 0 Å². The summed E-state index contributed by atoms with van der Waals surface area (Å²) in [6, 6.07) is 6.10. The summed E-state index contributed by atoms with van der Waals surface area (Å²) in [7, 11) is 0. The Hall–Kier alpha value is -1.62. The van der Waals surface area contributed by atoms with Crippen molar-refractivity contribution in [2.75, 3.05) is 19.8 Å². The number of ether oxygens (including phenoxy) is 1. The largest absolute Gasteiger partial charge is 0.490 e. The third-order valence-corrected chi connectivity index (χ3v) is 2.98. The van der Waals surface area contributed by atoms with Gasteiger partial charge in [0.2, 0.25) is 5.91 Å². The first kappa shape index (κ1) is 16.4. The zero-order valence-corrected chi connectivity index (χ0v) is 12.0. The predicted octanol–water partition coefficient (Wildman–Crippen LogP) is 2.12. The van der Waals surface area contributed by atoms with Crippen molar-refractivity contribution in [1.82, 2.24) is 5.32 Å². The van der Waals surface area contributed by atoms with Gasteiger partial charge in [0.05, 0.1) is 13.0 Å². The van der Waals surface area contributed by atoms with Gasteiger partial charge in [-0.25, -0.2) is 4.39 Å². The lowest BCUT2D eigenvalue weighted by molar-refractivity contribution is -0.122. The average molecular weight is 283 g/mol. The molecule has 0 fully saturated rings. The van der Waals surface area contributed by atoms with Crippen LogP contribution in [0.4, 0.5) is 4.39 Å². The van der Waals surface area contributed by atoms with E-state index in [-0.39, 0.29) is 36.7 Å². The van der Waals surface area contributed by atoms with Crippen molar-refractivity contribution in [2.24, 2.45) is 5.41 Å². The van der Waals surface area contributed by atoms with Crippen LogP contribution in [0.1, 0.15) is 26.7 Å². The van der Waals surface area contributed by atoms with Gasteiger partial charge < -0.3 is 15.2 Å². The van der Waals surface area contributed by atoms with Crippen LogP contribution in [0.3, 0.4) is 0 Å². The van der Waals surface area contributed by atoms with E-state index >= 15 is 0 Å². The fourth-order valence-corrected chi connectivity index (χ4v) is 1.63. The van der Waals surface area contributed by atoms with Crippen LogP contribution in [-0.4, -0.2) is 30.8 Å². The molecule has 0 saturated carbocycles. The standard InChI is InChI=1S/C15H22FNO3/c1-15(2,8-9-18)11-17-14(19)7-10-20-13-6-4-3-5-12(13)16/h3-6,18H,7-11H2,1-2H3,(H,17,19). The molecule has 0 atom stereocenters. The van der Waals surface area contributed by atoms with Gasteiger partial charge in [-0.15, -0.1) is 0 Å². The third-order valence-electron chi connectivity index (χ3n) is 2.98. The Bertz CT molecular complexity index is 435. The highest BCUT2D eigenvalue weighted by molar-refractivity contribution is 5.76. The van der Waals surface area contributed by atoms with Crippen molar-refractivity contribution >= 4 is 5.91 Å². The summed E-state index contributed by atoms with van der Waals surface area (Å²) in [6.45, 7) is 4.66. The van der Waals surface area contributed by atoms with Gasteiger partial charge in [0.1, 0.15) is 0 Å². The number of nitrogens with one attached hydrogen (secondary N) is 1. The zero-order valence-electron chi connectivity index (χ0n) is 12.0. The second kappa shape index (κ2) is 7.85. The molecule has 0 radical (unpaired) electrons. The molecule has 0 aliphatic carbocycles. The molecule has 4 nitrogen and oxygen atoms in total. The van der Waals surface area contributed by atoms with E-state index in [0.717, 1.165) is 0 Å². The molecule has 0 spiro atoms. The van der Waals surface area contributed by atoms with E-state index in [1.54, 1.807) is 12.1 Å². The Morgan fingerprint density at radius 1 is 1.40 bits per heavy atom. The van der Waals surface area contributed by atoms with Crippen molar-refractivity contribution < 1.29 is 19.0 Å². The average Bonchev–Trinajstić information content (AvgIpc) is 2.39. The first-order valence-corrected chi connectivity index (χ1v) is 6.69. The number of rotatable bonds is 8. The molecule has 1 rings (SSSR count). The molecule has 5 heteroatoms. The molecule has 112 valence electrons. The van der Waals surface area contributed by atoms with Gasteiger partial charge in [-0.1, -0.05) is 26.0 Å². The number of aliphatic hydroxyl groups excluding tert-OH is 1. The number of hydrogen-bond donors (Lipinski definition) is 2. The maximum absolute atomic E-state index is 13.3. The minimum Gasteiger partial charge on any atom is -0.490 e. The fourth-order valence-electron chi connectivity index (χ4n) is 1.63. The lowest BCUT2D eigenvalue weighted by Crippen LogP contribution is -2.35. The summed E-state index contributed by atoms with van der Waals surface area (Å²) in [5.41, 5.74) is -0.142. The van der Waals surface area contributed by atoms with Crippen LogP contribution < -0.4 is 10.1 Å². The van der Waals surface area contributed by atoms with Gasteiger partial charge in [0.15, 0.2) is 11.6 Å². The summed E-state index contributed by atoms with van der Waals surface area (Å²) in [6.07, 6.45) is 0.794. The number of amides is 1. The van der Waals surface area contributed by atoms with Crippen molar-refractivity contribution in [3.05, 3.63) is 30.1 Å². The van der Waals surface area contributed by atoms with Crippen LogP contribution in [0, 0.1) is 11.2 Å². The van der Waals surface area contributed by atoms with Crippen LogP contribution in [0.5, 0.6) is 5.75 Å². The van der Waals surface area contributed by atoms with Crippen LogP contribution in [0.25, 0.3) is 0 Å². The molecule has 0 heterocycles. The van der Waals surface area contributed by atoms with E-state index in [4.69, 9.17) is 9.84 Å². The molecule has 0 aromatic heterocycles. The molecule has 0 aliphatic heterocycles. The van der Waals surface area contributed by atoms with E-state index < -0.39 is 5.82 Å². The molecule has 0 saturated heterocycles. The molecule has 20 heavy (non-hydrogen) atoms. The van der Waals surface area contributed by atoms with E-state index in [0.29, 0.717) is 13.0 Å². The summed E-state index contributed by atoms with van der Waals surface area (Å²) in [5, 5.41) is 11.7. The smallest absolute Gasteiger partial charge is 0.223 e. The highest BCUT2D eigenvalue weighted by Gasteiger charge is 2.18. The number of carbonyl (C=O) groups excluding carboxylic acids is 1. The molecule has 1 amide bonds. The van der Waals surface area contributed by atoms with Gasteiger partial charge in [-0.05, 0) is 24.0 Å². The van der Waals surface area contributed by atoms with E-state index in [2.05, 4.69) is 5.32 Å². The Balaban J connectivity index is 2.26. The summed E-state index contributed by atoms with van der Waals surface area (Å²) >= 11 is 0. The lowest BCUT2D eigenvalue weighted by Gasteiger charge is -2.23. The van der Waals surface area contributed by atoms with Crippen LogP contribution in [-0.2, 0) is 4.79 Å². The SMILES string of the molecule is CC(C)(CCO)CNC(=O)CCOc1ccccc1F. The molecule has 1 aromatic rings. The number of para-hydroxylation sites is 1. The lowest BCUT2D eigenvalue weighted by atomic mass is 9.90. The van der Waals surface area contributed by atoms with E-state index in [9.17, 15) is 9.18 Å². The first-order valence-electron chi connectivity index (χ1n) is 6.69. The molecule has 0 bridgehead atoms. The maximum atomic E-state index is 13.3. The Morgan fingerprint density at radius 3 is 2.75 bits per heavy atom. The van der Waals surface area contributed by atoms with Crippen molar-refractivity contribution in [2.45, 2.75) is 26.7 Å². The quantitative estimate of drug-likeness (QED) is 0.768. The number of carbonyl (C=O) groups is 1. The number of hydrogen-bond acceptors (Lipinski definition) is 3. The number of halogens is 1. The second-order valence-corrected chi connectivity index (χ2v) is 5.44. The van der Waals surface area contributed by atoms with Crippen LogP contribution in [0.2, 0.25) is 0 Å². The Morgan fingerprint density at radius 2 is 2.10 bits per heavy atom. The van der Waals surface area contributed by atoms with Gasteiger partial charge in [0, 0.05) is 13.2 Å². The molecule has 1 aromatic carbocycles. The molecular formula is C15H22FNO3. The van der Waals surface area contributed by atoms with Gasteiger partial charge in [0.25, 0.3) is 0 Å². The van der Waals surface area contributed by atoms with Crippen molar-refractivity contribution in [3.63, 3.8) is 0 Å². The molecular weight excluding hydrogens is 261 g/mol. The second-order valence-electron chi connectivity index (χ2n) is 5.44. The fraction of sp³-hybridized carbons (Fsp3) is 0.533.